The number of nitrogens with zero attached hydrogens (tertiary/aromatic N) is 2. The number of aromatic nitrogens is 3. The van der Waals surface area contributed by atoms with Crippen LogP contribution in [0.1, 0.15) is 5.56 Å². The molecule has 0 fully saturated rings. The number of aromatic amines is 1. The van der Waals surface area contributed by atoms with Crippen LogP contribution in [0.2, 0.25) is 5.02 Å². The first-order valence-corrected chi connectivity index (χ1v) is 7.74. The minimum atomic E-state index is -0.679. The van der Waals surface area contributed by atoms with Crippen LogP contribution in [-0.4, -0.2) is 14.5 Å². The van der Waals surface area contributed by atoms with Gasteiger partial charge in [0.1, 0.15) is 0 Å². The van der Waals surface area contributed by atoms with Gasteiger partial charge in [0.2, 0.25) is 0 Å². The van der Waals surface area contributed by atoms with Crippen LogP contribution in [0.3, 0.4) is 0 Å². The van der Waals surface area contributed by atoms with Crippen molar-refractivity contribution < 1.29 is 0 Å². The lowest BCUT2D eigenvalue weighted by Gasteiger charge is -2.19. The lowest BCUT2D eigenvalue weighted by Crippen LogP contribution is -2.27. The Hall–Kier alpha value is -2.92. The van der Waals surface area contributed by atoms with E-state index < -0.39 is 11.2 Å². The molecular formula is C18H12ClN3O2. The second-order valence-electron chi connectivity index (χ2n) is 5.55. The number of H-pyrrole nitrogens is 1. The molecule has 0 bridgehead atoms. The van der Waals surface area contributed by atoms with Gasteiger partial charge in [-0.25, -0.2) is 4.79 Å². The number of aryl methyl sites for hydroxylation is 1. The van der Waals surface area contributed by atoms with Crippen molar-refractivity contribution >= 4 is 22.5 Å². The Bertz CT molecular complexity index is 1180. The molecule has 4 rings (SSSR count). The molecule has 2 aromatic carbocycles. The second kappa shape index (κ2) is 5.32. The Kier molecular flexibility index (Phi) is 3.25. The summed E-state index contributed by atoms with van der Waals surface area (Å²) in [6.07, 6.45) is 0. The summed E-state index contributed by atoms with van der Waals surface area (Å²) in [5.41, 5.74) is 1.70. The molecular weight excluding hydrogens is 326 g/mol. The highest BCUT2D eigenvalue weighted by molar-refractivity contribution is 6.35. The number of hydrogen-bond acceptors (Lipinski definition) is 3. The van der Waals surface area contributed by atoms with E-state index in [1.54, 1.807) is 16.7 Å². The van der Waals surface area contributed by atoms with Crippen LogP contribution in [0.15, 0.2) is 58.1 Å². The summed E-state index contributed by atoms with van der Waals surface area (Å²) in [4.78, 5) is 30.3. The van der Waals surface area contributed by atoms with Crippen molar-refractivity contribution in [3.05, 3.63) is 80.0 Å². The third-order valence-corrected chi connectivity index (χ3v) is 4.33. The summed E-state index contributed by atoms with van der Waals surface area (Å²) < 4.78 is 1.78. The minimum Gasteiger partial charge on any atom is -0.292 e. The highest BCUT2D eigenvalue weighted by atomic mass is 35.5. The number of nitrogens with one attached hydrogen (secondary N) is 1. The first-order valence-electron chi connectivity index (χ1n) is 7.36. The van der Waals surface area contributed by atoms with E-state index >= 15 is 0 Å². The number of rotatable bonds is 1. The first kappa shape index (κ1) is 14.7. The molecule has 2 heterocycles. The maximum absolute atomic E-state index is 12.3. The summed E-state index contributed by atoms with van der Waals surface area (Å²) in [5, 5.41) is 1.32. The van der Waals surface area contributed by atoms with Crippen LogP contribution < -0.4 is 11.2 Å². The van der Waals surface area contributed by atoms with Crippen LogP contribution in [-0.2, 0) is 0 Å². The molecule has 6 heteroatoms. The Morgan fingerprint density at radius 2 is 1.88 bits per heavy atom. The Labute approximate surface area is 141 Å². The standard InChI is InChI=1S/C18H12ClN3O2/c1-10-5-2-3-8-14(10)22-15-11(6-4-7-13(15)19)9-12-16(22)20-18(24)21-17(12)23/h2-9H,1H3,(H,21,23,24). The van der Waals surface area contributed by atoms with Gasteiger partial charge < -0.3 is 0 Å². The predicted octanol–water partition coefficient (Wildman–Crippen LogP) is 3.14. The van der Waals surface area contributed by atoms with Crippen LogP contribution in [0.4, 0.5) is 0 Å². The Balaban J connectivity index is 2.33. The van der Waals surface area contributed by atoms with Gasteiger partial charge in [-0.2, -0.15) is 4.98 Å². The number of hydrogen-bond donors (Lipinski definition) is 1. The van der Waals surface area contributed by atoms with Crippen LogP contribution >= 0.6 is 11.6 Å². The largest absolute Gasteiger partial charge is 0.349 e. The van der Waals surface area contributed by atoms with Crippen molar-refractivity contribution in [3.63, 3.8) is 0 Å². The number of halogens is 1. The fourth-order valence-electron chi connectivity index (χ4n) is 2.95. The van der Waals surface area contributed by atoms with Crippen molar-refractivity contribution in [2.75, 3.05) is 0 Å². The van der Waals surface area contributed by atoms with Gasteiger partial charge in [0, 0.05) is 5.39 Å². The molecule has 0 amide bonds. The molecule has 0 saturated heterocycles. The zero-order chi connectivity index (χ0) is 16.8. The van der Waals surface area contributed by atoms with Crippen molar-refractivity contribution in [2.45, 2.75) is 6.92 Å². The summed E-state index contributed by atoms with van der Waals surface area (Å²) in [7, 11) is 0. The van der Waals surface area contributed by atoms with E-state index in [2.05, 4.69) is 9.97 Å². The van der Waals surface area contributed by atoms with Gasteiger partial charge >= 0.3 is 5.69 Å². The molecule has 0 atom stereocenters. The Morgan fingerprint density at radius 3 is 2.67 bits per heavy atom. The molecule has 1 N–H and O–H groups in total. The average molecular weight is 338 g/mol. The molecule has 0 aliphatic carbocycles. The van der Waals surface area contributed by atoms with Gasteiger partial charge in [0.05, 0.1) is 21.8 Å². The minimum absolute atomic E-state index is 0.290. The van der Waals surface area contributed by atoms with Gasteiger partial charge in [0.15, 0.2) is 5.82 Å². The van der Waals surface area contributed by atoms with Crippen LogP contribution in [0.25, 0.3) is 28.0 Å². The highest BCUT2D eigenvalue weighted by Crippen LogP contribution is 2.32. The number of pyridine rings is 1. The quantitative estimate of drug-likeness (QED) is 0.542. The summed E-state index contributed by atoms with van der Waals surface area (Å²) in [6, 6.07) is 14.9. The lowest BCUT2D eigenvalue weighted by atomic mass is 10.1. The fourth-order valence-corrected chi connectivity index (χ4v) is 3.21. The second-order valence-corrected chi connectivity index (χ2v) is 5.96. The van der Waals surface area contributed by atoms with Gasteiger partial charge in [-0.1, -0.05) is 41.9 Å². The summed E-state index contributed by atoms with van der Waals surface area (Å²) in [6.45, 7) is 1.95. The average Bonchev–Trinajstić information content (AvgIpc) is 2.55. The van der Waals surface area contributed by atoms with Gasteiger partial charge in [-0.3, -0.25) is 14.3 Å². The van der Waals surface area contributed by atoms with Crippen molar-refractivity contribution in [1.82, 2.24) is 14.5 Å². The molecule has 0 saturated carbocycles. The first-order chi connectivity index (χ1) is 11.6. The molecule has 0 aromatic heterocycles. The number of benzene rings is 2. The maximum atomic E-state index is 12.3. The van der Waals surface area contributed by atoms with E-state index in [1.807, 2.05) is 43.3 Å². The number of para-hydroxylation sites is 2. The molecule has 118 valence electrons. The molecule has 2 aromatic rings. The van der Waals surface area contributed by atoms with E-state index in [-0.39, 0.29) is 0 Å². The molecule has 2 aliphatic rings. The van der Waals surface area contributed by atoms with E-state index in [4.69, 9.17) is 11.6 Å². The van der Waals surface area contributed by atoms with Gasteiger partial charge in [0.25, 0.3) is 5.56 Å². The van der Waals surface area contributed by atoms with Gasteiger partial charge in [-0.05, 0) is 30.7 Å². The molecule has 2 aliphatic heterocycles. The predicted molar refractivity (Wildman–Crippen MR) is 94.3 cm³/mol. The topological polar surface area (TPSA) is 67.8 Å². The van der Waals surface area contributed by atoms with E-state index in [9.17, 15) is 9.59 Å². The van der Waals surface area contributed by atoms with Crippen molar-refractivity contribution in [2.24, 2.45) is 0 Å². The molecule has 5 nitrogen and oxygen atoms in total. The van der Waals surface area contributed by atoms with Gasteiger partial charge in [-0.15, -0.1) is 0 Å². The fraction of sp³-hybridized carbons (Fsp3) is 0.0556. The zero-order valence-corrected chi connectivity index (χ0v) is 13.5. The molecule has 0 radical (unpaired) electrons. The van der Waals surface area contributed by atoms with Crippen LogP contribution in [0.5, 0.6) is 0 Å². The summed E-state index contributed by atoms with van der Waals surface area (Å²) in [5.74, 6) is 0.290. The zero-order valence-electron chi connectivity index (χ0n) is 12.7. The van der Waals surface area contributed by atoms with Crippen molar-refractivity contribution in [1.29, 1.82) is 0 Å². The van der Waals surface area contributed by atoms with E-state index in [0.717, 1.165) is 16.6 Å². The number of fused-ring (bicyclic) bond motifs is 2. The highest BCUT2D eigenvalue weighted by Gasteiger charge is 2.20. The van der Waals surface area contributed by atoms with Crippen LogP contribution in [0, 0.1) is 6.92 Å². The third-order valence-electron chi connectivity index (χ3n) is 4.02. The lowest BCUT2D eigenvalue weighted by molar-refractivity contribution is 0.955. The monoisotopic (exact) mass is 337 g/mol. The Morgan fingerprint density at radius 1 is 1.08 bits per heavy atom. The van der Waals surface area contributed by atoms with E-state index in [1.165, 1.54) is 0 Å². The smallest absolute Gasteiger partial charge is 0.292 e. The molecule has 0 unspecified atom stereocenters. The molecule has 24 heavy (non-hydrogen) atoms. The maximum Gasteiger partial charge on any atom is 0.349 e. The SMILES string of the molecule is Cc1ccccc1-n1c2nc(=O)[nH]c(=O)c-2cc2cccc(Cl)c21. The summed E-state index contributed by atoms with van der Waals surface area (Å²) >= 11 is 6.43. The normalized spacial score (nSPS) is 11.2. The van der Waals surface area contributed by atoms with E-state index in [0.29, 0.717) is 21.9 Å². The van der Waals surface area contributed by atoms with Crippen molar-refractivity contribution in [3.8, 4) is 17.1 Å². The third kappa shape index (κ3) is 2.13. The molecule has 0 spiro atoms.